The third kappa shape index (κ3) is 6.78. The molecule has 6 heteroatoms. The molecule has 0 radical (unpaired) electrons. The van der Waals surface area contributed by atoms with Crippen molar-refractivity contribution in [3.8, 4) is 0 Å². The molecule has 0 aromatic rings. The second-order valence-electron chi connectivity index (χ2n) is 3.86. The van der Waals surface area contributed by atoms with E-state index in [-0.39, 0.29) is 31.5 Å². The molecule has 0 heterocycles. The molecule has 0 bridgehead atoms. The normalized spacial score (nSPS) is 11.9. The van der Waals surface area contributed by atoms with E-state index in [9.17, 15) is 9.59 Å². The van der Waals surface area contributed by atoms with Crippen LogP contribution in [0, 0.1) is 5.92 Å². The Balaban J connectivity index is 4.06. The van der Waals surface area contributed by atoms with Crippen molar-refractivity contribution in [2.45, 2.75) is 26.7 Å². The van der Waals surface area contributed by atoms with E-state index in [1.54, 1.807) is 0 Å². The number of hydrogen-bond donors (Lipinski definition) is 3. The lowest BCUT2D eigenvalue weighted by molar-refractivity contribution is -0.138. The number of hydrogen-bond acceptors (Lipinski definition) is 3. The maximum Gasteiger partial charge on any atom is 0.317 e. The molecule has 0 saturated heterocycles. The molecule has 0 aromatic heterocycles. The zero-order chi connectivity index (χ0) is 13.3. The van der Waals surface area contributed by atoms with Gasteiger partial charge in [0.1, 0.15) is 0 Å². The number of likely N-dealkylation sites (N-methyl/N-ethyl adjacent to an activating group) is 1. The quantitative estimate of drug-likeness (QED) is 0.582. The van der Waals surface area contributed by atoms with Crippen LogP contribution in [0.3, 0.4) is 0 Å². The van der Waals surface area contributed by atoms with Gasteiger partial charge in [0, 0.05) is 26.1 Å². The van der Waals surface area contributed by atoms with Gasteiger partial charge < -0.3 is 20.4 Å². The number of nitrogens with zero attached hydrogens (tertiary/aromatic N) is 1. The Kier molecular flexibility index (Phi) is 8.13. The first-order valence-electron chi connectivity index (χ1n) is 5.90. The highest BCUT2D eigenvalue weighted by molar-refractivity contribution is 5.74. The highest BCUT2D eigenvalue weighted by Gasteiger charge is 2.15. The van der Waals surface area contributed by atoms with E-state index in [1.807, 2.05) is 13.8 Å². The first kappa shape index (κ1) is 15.7. The Labute approximate surface area is 102 Å². The van der Waals surface area contributed by atoms with Crippen LogP contribution in [-0.2, 0) is 4.79 Å². The molecule has 0 aliphatic rings. The molecule has 3 N–H and O–H groups in total. The number of carboxylic acids is 1. The van der Waals surface area contributed by atoms with Crippen molar-refractivity contribution in [1.82, 2.24) is 10.2 Å². The number of carbonyl (C=O) groups is 2. The summed E-state index contributed by atoms with van der Waals surface area (Å²) in [6.07, 6.45) is 0.765. The molecular formula is C11H22N2O4. The number of urea groups is 1. The lowest BCUT2D eigenvalue weighted by Gasteiger charge is -2.22. The van der Waals surface area contributed by atoms with E-state index in [0.29, 0.717) is 19.5 Å². The fourth-order valence-corrected chi connectivity index (χ4v) is 1.48. The van der Waals surface area contributed by atoms with Gasteiger partial charge in [-0.05, 0) is 12.8 Å². The molecule has 0 rings (SSSR count). The Morgan fingerprint density at radius 1 is 1.35 bits per heavy atom. The van der Waals surface area contributed by atoms with Crippen molar-refractivity contribution in [3.63, 3.8) is 0 Å². The SMILES string of the molecule is CCC(CNC(=O)N(CC)CCO)CC(=O)O. The van der Waals surface area contributed by atoms with Crippen molar-refractivity contribution in [1.29, 1.82) is 0 Å². The molecule has 1 unspecified atom stereocenters. The summed E-state index contributed by atoms with van der Waals surface area (Å²) < 4.78 is 0. The molecule has 0 saturated carbocycles. The first-order valence-corrected chi connectivity index (χ1v) is 5.90. The Bertz CT molecular complexity index is 246. The minimum atomic E-state index is -0.853. The summed E-state index contributed by atoms with van der Waals surface area (Å²) in [5, 5.41) is 20.1. The number of amides is 2. The molecule has 0 aromatic carbocycles. The van der Waals surface area contributed by atoms with Crippen LogP contribution in [0.25, 0.3) is 0 Å². The van der Waals surface area contributed by atoms with Gasteiger partial charge in [0.2, 0.25) is 0 Å². The van der Waals surface area contributed by atoms with Crippen LogP contribution in [0.1, 0.15) is 26.7 Å². The fourth-order valence-electron chi connectivity index (χ4n) is 1.48. The predicted octanol–water partition coefficient (Wildman–Crippen LogP) is 0.511. The average molecular weight is 246 g/mol. The van der Waals surface area contributed by atoms with Crippen molar-refractivity contribution in [3.05, 3.63) is 0 Å². The van der Waals surface area contributed by atoms with Crippen LogP contribution < -0.4 is 5.32 Å². The number of nitrogens with one attached hydrogen (secondary N) is 1. The van der Waals surface area contributed by atoms with Gasteiger partial charge in [0.05, 0.1) is 6.61 Å². The van der Waals surface area contributed by atoms with Crippen LogP contribution in [0.2, 0.25) is 0 Å². The lowest BCUT2D eigenvalue weighted by atomic mass is 10.0. The van der Waals surface area contributed by atoms with Crippen LogP contribution >= 0.6 is 0 Å². The van der Waals surface area contributed by atoms with Gasteiger partial charge in [-0.2, -0.15) is 0 Å². The van der Waals surface area contributed by atoms with E-state index >= 15 is 0 Å². The average Bonchev–Trinajstić information content (AvgIpc) is 2.30. The highest BCUT2D eigenvalue weighted by Crippen LogP contribution is 2.06. The van der Waals surface area contributed by atoms with Gasteiger partial charge in [0.25, 0.3) is 0 Å². The minimum Gasteiger partial charge on any atom is -0.481 e. The second-order valence-corrected chi connectivity index (χ2v) is 3.86. The number of aliphatic carboxylic acids is 1. The molecule has 2 amide bonds. The Morgan fingerprint density at radius 3 is 2.41 bits per heavy atom. The second kappa shape index (κ2) is 8.81. The molecule has 0 aliphatic heterocycles. The van der Waals surface area contributed by atoms with E-state index in [2.05, 4.69) is 5.32 Å². The van der Waals surface area contributed by atoms with Crippen LogP contribution in [0.15, 0.2) is 0 Å². The maximum absolute atomic E-state index is 11.6. The summed E-state index contributed by atoms with van der Waals surface area (Å²) in [7, 11) is 0. The summed E-state index contributed by atoms with van der Waals surface area (Å²) in [5.41, 5.74) is 0. The van der Waals surface area contributed by atoms with Crippen molar-refractivity contribution in [2.24, 2.45) is 5.92 Å². The van der Waals surface area contributed by atoms with Crippen molar-refractivity contribution < 1.29 is 19.8 Å². The zero-order valence-corrected chi connectivity index (χ0v) is 10.5. The fraction of sp³-hybridized carbons (Fsp3) is 0.818. The number of rotatable bonds is 8. The maximum atomic E-state index is 11.6. The lowest BCUT2D eigenvalue weighted by Crippen LogP contribution is -2.43. The van der Waals surface area contributed by atoms with Gasteiger partial charge in [-0.15, -0.1) is 0 Å². The van der Waals surface area contributed by atoms with Crippen molar-refractivity contribution >= 4 is 12.0 Å². The molecule has 6 nitrogen and oxygen atoms in total. The predicted molar refractivity (Wildman–Crippen MR) is 63.8 cm³/mol. The van der Waals surface area contributed by atoms with Gasteiger partial charge in [0.15, 0.2) is 0 Å². The highest BCUT2D eigenvalue weighted by atomic mass is 16.4. The Hall–Kier alpha value is -1.30. The van der Waals surface area contributed by atoms with Crippen molar-refractivity contribution in [2.75, 3.05) is 26.2 Å². The van der Waals surface area contributed by atoms with Gasteiger partial charge >= 0.3 is 12.0 Å². The number of carbonyl (C=O) groups excluding carboxylic acids is 1. The van der Waals surface area contributed by atoms with E-state index in [1.165, 1.54) is 4.90 Å². The summed E-state index contributed by atoms with van der Waals surface area (Å²) in [6.45, 7) is 4.80. The minimum absolute atomic E-state index is 0.0516. The number of aliphatic hydroxyl groups excluding tert-OH is 1. The molecule has 17 heavy (non-hydrogen) atoms. The van der Waals surface area contributed by atoms with E-state index in [4.69, 9.17) is 10.2 Å². The third-order valence-electron chi connectivity index (χ3n) is 2.62. The van der Waals surface area contributed by atoms with Gasteiger partial charge in [-0.25, -0.2) is 4.79 Å². The Morgan fingerprint density at radius 2 is 2.00 bits per heavy atom. The first-order chi connectivity index (χ1) is 8.04. The van der Waals surface area contributed by atoms with E-state index < -0.39 is 5.97 Å². The summed E-state index contributed by atoms with van der Waals surface area (Å²) >= 11 is 0. The molecule has 0 fully saturated rings. The molecule has 0 aliphatic carbocycles. The topological polar surface area (TPSA) is 89.9 Å². The summed E-state index contributed by atoms with van der Waals surface area (Å²) in [5.74, 6) is -0.905. The monoisotopic (exact) mass is 246 g/mol. The van der Waals surface area contributed by atoms with Gasteiger partial charge in [-0.1, -0.05) is 13.3 Å². The number of carboxylic acid groups (broad SMARTS) is 1. The van der Waals surface area contributed by atoms with E-state index in [0.717, 1.165) is 0 Å². The smallest absolute Gasteiger partial charge is 0.317 e. The molecular weight excluding hydrogens is 224 g/mol. The summed E-state index contributed by atoms with van der Waals surface area (Å²) in [6, 6.07) is -0.259. The third-order valence-corrected chi connectivity index (χ3v) is 2.62. The van der Waals surface area contributed by atoms with Gasteiger partial charge in [-0.3, -0.25) is 4.79 Å². The molecule has 0 spiro atoms. The van der Waals surface area contributed by atoms with Crippen LogP contribution in [0.5, 0.6) is 0 Å². The van der Waals surface area contributed by atoms with Crippen LogP contribution in [0.4, 0.5) is 4.79 Å². The van der Waals surface area contributed by atoms with Crippen LogP contribution in [-0.4, -0.2) is 53.4 Å². The number of aliphatic hydroxyl groups is 1. The zero-order valence-electron chi connectivity index (χ0n) is 10.5. The largest absolute Gasteiger partial charge is 0.481 e. The molecule has 100 valence electrons. The molecule has 1 atom stereocenters. The standard InChI is InChI=1S/C11H22N2O4/c1-3-9(7-10(15)16)8-12-11(17)13(4-2)5-6-14/h9,14H,3-8H2,1-2H3,(H,12,17)(H,15,16). The summed E-state index contributed by atoms with van der Waals surface area (Å²) in [4.78, 5) is 23.7.